The fraction of sp³-hybridized carbons (Fsp3) is 0.303. The second-order valence-corrected chi connectivity index (χ2v) is 11.8. The van der Waals surface area contributed by atoms with E-state index in [1.165, 1.54) is 12.1 Å². The number of benzene rings is 3. The highest BCUT2D eigenvalue weighted by Crippen LogP contribution is 2.32. The van der Waals surface area contributed by atoms with E-state index in [1.54, 1.807) is 29.7 Å². The Morgan fingerprint density at radius 3 is 2.73 bits per heavy atom. The molecule has 6 rings (SSSR count). The van der Waals surface area contributed by atoms with Crippen LogP contribution in [-0.2, 0) is 16.0 Å². The number of rotatable bonds is 9. The van der Waals surface area contributed by atoms with Crippen LogP contribution in [0, 0.1) is 11.7 Å². The molecule has 1 amide bonds. The molecular formula is C33H32FN3O3S. The van der Waals surface area contributed by atoms with Crippen molar-refractivity contribution in [3.63, 3.8) is 0 Å². The maximum Gasteiger partial charge on any atom is 0.253 e. The number of amides is 1. The van der Waals surface area contributed by atoms with Crippen molar-refractivity contribution in [2.45, 2.75) is 45.1 Å². The molecular weight excluding hydrogens is 537 g/mol. The number of nitrogens with one attached hydrogen (secondary N) is 2. The van der Waals surface area contributed by atoms with Crippen LogP contribution >= 0.6 is 11.3 Å². The molecule has 0 aliphatic carbocycles. The maximum atomic E-state index is 13.7. The van der Waals surface area contributed by atoms with Gasteiger partial charge in [-0.3, -0.25) is 9.59 Å². The molecule has 1 aliphatic heterocycles. The van der Waals surface area contributed by atoms with Gasteiger partial charge in [0.05, 0.1) is 26.8 Å². The Morgan fingerprint density at radius 1 is 1.10 bits per heavy atom. The van der Waals surface area contributed by atoms with E-state index < -0.39 is 0 Å². The summed E-state index contributed by atoms with van der Waals surface area (Å²) in [4.78, 5) is 33.7. The molecule has 1 fully saturated rings. The lowest BCUT2D eigenvalue weighted by atomic mass is 9.92. The number of carbonyl (C=O) groups excluding carboxylic acids is 2. The van der Waals surface area contributed by atoms with Crippen LogP contribution in [0.3, 0.4) is 0 Å². The largest absolute Gasteiger partial charge is 0.381 e. The fourth-order valence-corrected chi connectivity index (χ4v) is 6.57. The average Bonchev–Trinajstić information content (AvgIpc) is 3.60. The minimum absolute atomic E-state index is 0.155. The predicted octanol–water partition coefficient (Wildman–Crippen LogP) is 7.39. The lowest BCUT2D eigenvalue weighted by Crippen LogP contribution is -2.26. The Bertz CT molecular complexity index is 1720. The molecule has 41 heavy (non-hydrogen) atoms. The van der Waals surface area contributed by atoms with Crippen molar-refractivity contribution < 1.29 is 18.7 Å². The number of hydrogen-bond donors (Lipinski definition) is 2. The van der Waals surface area contributed by atoms with Crippen molar-refractivity contribution in [3.8, 4) is 11.1 Å². The van der Waals surface area contributed by atoms with Crippen molar-refractivity contribution >= 4 is 44.1 Å². The number of fused-ring (bicyclic) bond motifs is 2. The summed E-state index contributed by atoms with van der Waals surface area (Å²) in [6.45, 7) is 3.23. The lowest BCUT2D eigenvalue weighted by Gasteiger charge is -2.20. The molecule has 0 saturated carbocycles. The molecule has 2 N–H and O–H groups in total. The molecule has 0 radical (unpaired) electrons. The molecule has 1 saturated heterocycles. The average molecular weight is 570 g/mol. The van der Waals surface area contributed by atoms with Crippen molar-refractivity contribution in [3.05, 3.63) is 88.8 Å². The first kappa shape index (κ1) is 27.3. The summed E-state index contributed by atoms with van der Waals surface area (Å²) in [6.07, 6.45) is 5.61. The molecule has 3 heterocycles. The molecule has 0 spiro atoms. The van der Waals surface area contributed by atoms with Gasteiger partial charge in [-0.1, -0.05) is 24.3 Å². The Balaban J connectivity index is 1.16. The van der Waals surface area contributed by atoms with E-state index in [0.29, 0.717) is 36.5 Å². The summed E-state index contributed by atoms with van der Waals surface area (Å²) in [7, 11) is 0. The highest BCUT2D eigenvalue weighted by molar-refractivity contribution is 7.18. The standard InChI is InChI=1S/C33H32FN3O3S/c1-20(22-4-2-5-25(34)16-22)36-33(39)27-19-35-28-10-8-23(17-26(27)28)24-9-11-29-31(18-24)41-32(37-29)7-3-6-30(38)21-12-14-40-15-13-21/h2,4-5,8-11,16-21,35H,3,6-7,12-15H2,1H3,(H,36,39)/t20-/m0/s1. The number of hydrogen-bond acceptors (Lipinski definition) is 5. The third kappa shape index (κ3) is 6.09. The van der Waals surface area contributed by atoms with Gasteiger partial charge in [0.25, 0.3) is 5.91 Å². The Labute approximate surface area is 242 Å². The number of thiazole rings is 1. The number of halogens is 1. The first-order chi connectivity index (χ1) is 19.9. The Kier molecular flexibility index (Phi) is 7.94. The first-order valence-electron chi connectivity index (χ1n) is 14.1. The van der Waals surface area contributed by atoms with Crippen molar-refractivity contribution in [1.29, 1.82) is 0 Å². The smallest absolute Gasteiger partial charge is 0.253 e. The number of ketones is 1. The summed E-state index contributed by atoms with van der Waals surface area (Å²) in [5, 5.41) is 4.86. The number of nitrogens with zero attached hydrogens (tertiary/aromatic N) is 1. The number of Topliss-reactive ketones (excluding diaryl/α,β-unsaturated/α-hetero) is 1. The number of carbonyl (C=O) groups is 2. The zero-order chi connectivity index (χ0) is 28.3. The molecule has 3 aromatic carbocycles. The monoisotopic (exact) mass is 569 g/mol. The van der Waals surface area contributed by atoms with Gasteiger partial charge in [-0.15, -0.1) is 11.3 Å². The van der Waals surface area contributed by atoms with E-state index in [0.717, 1.165) is 62.9 Å². The lowest BCUT2D eigenvalue weighted by molar-refractivity contribution is -0.125. The van der Waals surface area contributed by atoms with Gasteiger partial charge < -0.3 is 15.0 Å². The summed E-state index contributed by atoms with van der Waals surface area (Å²) in [6, 6.07) is 18.2. The number of ether oxygens (including phenoxy) is 1. The molecule has 6 nitrogen and oxygen atoms in total. The van der Waals surface area contributed by atoms with E-state index in [-0.39, 0.29) is 23.7 Å². The van der Waals surface area contributed by atoms with Gasteiger partial charge in [0.15, 0.2) is 0 Å². The molecule has 2 aromatic heterocycles. The van der Waals surface area contributed by atoms with Crippen LogP contribution in [0.2, 0.25) is 0 Å². The number of H-pyrrole nitrogens is 1. The van der Waals surface area contributed by atoms with E-state index in [2.05, 4.69) is 22.4 Å². The van der Waals surface area contributed by atoms with E-state index in [9.17, 15) is 14.0 Å². The molecule has 210 valence electrons. The highest BCUT2D eigenvalue weighted by Gasteiger charge is 2.21. The van der Waals surface area contributed by atoms with Crippen LogP contribution < -0.4 is 5.32 Å². The summed E-state index contributed by atoms with van der Waals surface area (Å²) in [5.41, 5.74) is 5.13. The maximum absolute atomic E-state index is 13.7. The van der Waals surface area contributed by atoms with Crippen molar-refractivity contribution in [1.82, 2.24) is 15.3 Å². The van der Waals surface area contributed by atoms with Gasteiger partial charge in [0.1, 0.15) is 11.6 Å². The third-order valence-corrected chi connectivity index (χ3v) is 8.96. The molecule has 1 atom stereocenters. The van der Waals surface area contributed by atoms with Gasteiger partial charge in [-0.2, -0.15) is 0 Å². The predicted molar refractivity (Wildman–Crippen MR) is 161 cm³/mol. The SMILES string of the molecule is C[C@H](NC(=O)c1c[nH]c2ccc(-c3ccc4nc(CCCC(=O)C5CCOCC5)sc4c3)cc12)c1cccc(F)c1. The van der Waals surface area contributed by atoms with Crippen LogP contribution in [0.1, 0.15) is 59.6 Å². The third-order valence-electron chi connectivity index (χ3n) is 7.88. The summed E-state index contributed by atoms with van der Waals surface area (Å²) in [5.74, 6) is -0.0372. The highest BCUT2D eigenvalue weighted by atomic mass is 32.1. The van der Waals surface area contributed by atoms with Gasteiger partial charge >= 0.3 is 0 Å². The Hall–Kier alpha value is -3.88. The summed E-state index contributed by atoms with van der Waals surface area (Å²) >= 11 is 1.67. The van der Waals surface area contributed by atoms with E-state index >= 15 is 0 Å². The van der Waals surface area contributed by atoms with Gasteiger partial charge in [-0.25, -0.2) is 9.37 Å². The minimum atomic E-state index is -0.339. The minimum Gasteiger partial charge on any atom is -0.381 e. The zero-order valence-electron chi connectivity index (χ0n) is 22.9. The Morgan fingerprint density at radius 2 is 1.90 bits per heavy atom. The van der Waals surface area contributed by atoms with Gasteiger partial charge in [-0.05, 0) is 85.7 Å². The number of aromatic nitrogens is 2. The second kappa shape index (κ2) is 11.9. The number of aromatic amines is 1. The van der Waals surface area contributed by atoms with Crippen molar-refractivity contribution in [2.75, 3.05) is 13.2 Å². The molecule has 0 unspecified atom stereocenters. The van der Waals surface area contributed by atoms with E-state index in [4.69, 9.17) is 9.72 Å². The zero-order valence-corrected chi connectivity index (χ0v) is 23.7. The van der Waals surface area contributed by atoms with Gasteiger partial charge in [0.2, 0.25) is 0 Å². The summed E-state index contributed by atoms with van der Waals surface area (Å²) < 4.78 is 20.1. The first-order valence-corrected chi connectivity index (χ1v) is 14.9. The molecule has 5 aromatic rings. The molecule has 0 bridgehead atoms. The van der Waals surface area contributed by atoms with Gasteiger partial charge in [0, 0.05) is 42.7 Å². The topological polar surface area (TPSA) is 84.1 Å². The van der Waals surface area contributed by atoms with Crippen LogP contribution in [0.4, 0.5) is 4.39 Å². The van der Waals surface area contributed by atoms with Crippen LogP contribution in [0.5, 0.6) is 0 Å². The van der Waals surface area contributed by atoms with E-state index in [1.807, 2.05) is 31.2 Å². The molecule has 1 aliphatic rings. The molecule has 8 heteroatoms. The van der Waals surface area contributed by atoms with Crippen LogP contribution in [0.15, 0.2) is 66.9 Å². The normalized spacial score (nSPS) is 14.9. The fourth-order valence-electron chi connectivity index (χ4n) is 5.52. The van der Waals surface area contributed by atoms with Crippen LogP contribution in [-0.4, -0.2) is 34.9 Å². The second-order valence-electron chi connectivity index (χ2n) is 10.7. The quantitative estimate of drug-likeness (QED) is 0.194. The number of aryl methyl sites for hydroxylation is 1. The van der Waals surface area contributed by atoms with Crippen LogP contribution in [0.25, 0.3) is 32.2 Å². The van der Waals surface area contributed by atoms with Crippen molar-refractivity contribution in [2.24, 2.45) is 5.92 Å².